The Hall–Kier alpha value is 0.280. The van der Waals surface area contributed by atoms with Crippen LogP contribution in [-0.4, -0.2) is 30.4 Å². The molecular formula is C9H15Cl2N. The molecule has 1 aliphatic carbocycles. The molecule has 1 nitrogen and oxygen atoms in total. The first kappa shape index (κ1) is 10.4. The summed E-state index contributed by atoms with van der Waals surface area (Å²) in [7, 11) is 2.11. The third-order valence-electron chi connectivity index (χ3n) is 2.25. The van der Waals surface area contributed by atoms with Gasteiger partial charge in [0.15, 0.2) is 0 Å². The summed E-state index contributed by atoms with van der Waals surface area (Å²) in [4.78, 5) is 2.27. The maximum Gasteiger partial charge on any atom is 0.0342 e. The molecule has 1 fully saturated rings. The normalized spacial score (nSPS) is 29.7. The third-order valence-corrected chi connectivity index (χ3v) is 2.79. The number of rotatable bonds is 4. The maximum absolute atomic E-state index is 5.88. The van der Waals surface area contributed by atoms with Crippen molar-refractivity contribution in [1.29, 1.82) is 0 Å². The summed E-state index contributed by atoms with van der Waals surface area (Å²) < 4.78 is 0. The first-order valence-corrected chi connectivity index (χ1v) is 5.17. The molecule has 12 heavy (non-hydrogen) atoms. The van der Waals surface area contributed by atoms with E-state index in [1.807, 2.05) is 6.08 Å². The van der Waals surface area contributed by atoms with Gasteiger partial charge in [-0.1, -0.05) is 17.7 Å². The molecule has 0 bridgehead atoms. The predicted molar refractivity (Wildman–Crippen MR) is 54.9 cm³/mol. The van der Waals surface area contributed by atoms with Crippen molar-refractivity contribution in [2.75, 3.05) is 20.1 Å². The average Bonchev–Trinajstić information content (AvgIpc) is 1.98. The molecule has 1 aliphatic rings. The van der Waals surface area contributed by atoms with Gasteiger partial charge in [-0.05, 0) is 25.8 Å². The standard InChI is InChI=1S/C9H15Cl2N/c1-12(4-2-3-10)7-8-5-9(11)6-8/h2-3,8-9H,4-7H2,1H3/b3-2+. The first-order chi connectivity index (χ1) is 5.72. The van der Waals surface area contributed by atoms with Crippen LogP contribution in [-0.2, 0) is 0 Å². The Morgan fingerprint density at radius 2 is 2.17 bits per heavy atom. The van der Waals surface area contributed by atoms with E-state index in [-0.39, 0.29) is 0 Å². The van der Waals surface area contributed by atoms with Crippen LogP contribution < -0.4 is 0 Å². The lowest BCUT2D eigenvalue weighted by molar-refractivity contribution is 0.222. The van der Waals surface area contributed by atoms with Crippen molar-refractivity contribution in [3.05, 3.63) is 11.6 Å². The minimum absolute atomic E-state index is 0.437. The minimum Gasteiger partial charge on any atom is -0.302 e. The molecule has 0 saturated heterocycles. The fraction of sp³-hybridized carbons (Fsp3) is 0.778. The Balaban J connectivity index is 2.06. The van der Waals surface area contributed by atoms with E-state index in [0.717, 1.165) is 19.0 Å². The molecule has 0 atom stereocenters. The Morgan fingerprint density at radius 3 is 2.67 bits per heavy atom. The summed E-state index contributed by atoms with van der Waals surface area (Å²) in [6, 6.07) is 0. The number of hydrogen-bond donors (Lipinski definition) is 0. The molecule has 1 saturated carbocycles. The van der Waals surface area contributed by atoms with Crippen molar-refractivity contribution in [2.45, 2.75) is 18.2 Å². The van der Waals surface area contributed by atoms with Crippen LogP contribution in [0.15, 0.2) is 11.6 Å². The van der Waals surface area contributed by atoms with Crippen molar-refractivity contribution in [2.24, 2.45) is 5.92 Å². The van der Waals surface area contributed by atoms with Gasteiger partial charge in [-0.25, -0.2) is 0 Å². The van der Waals surface area contributed by atoms with Gasteiger partial charge in [0.2, 0.25) is 0 Å². The third kappa shape index (κ3) is 3.34. The molecule has 0 heterocycles. The predicted octanol–water partition coefficient (Wildman–Crippen LogP) is 2.69. The van der Waals surface area contributed by atoms with Crippen LogP contribution in [0.3, 0.4) is 0 Å². The summed E-state index contributed by atoms with van der Waals surface area (Å²) in [5.41, 5.74) is 1.57. The second-order valence-electron chi connectivity index (χ2n) is 3.52. The molecule has 0 spiro atoms. The topological polar surface area (TPSA) is 3.24 Å². The summed E-state index contributed by atoms with van der Waals surface area (Å²) in [5.74, 6) is 0.807. The highest BCUT2D eigenvalue weighted by atomic mass is 35.5. The van der Waals surface area contributed by atoms with E-state index in [4.69, 9.17) is 23.2 Å². The van der Waals surface area contributed by atoms with Gasteiger partial charge in [-0.15, -0.1) is 11.6 Å². The van der Waals surface area contributed by atoms with E-state index in [9.17, 15) is 0 Å². The van der Waals surface area contributed by atoms with Gasteiger partial charge >= 0.3 is 0 Å². The summed E-state index contributed by atoms with van der Waals surface area (Å²) >= 11 is 11.3. The molecule has 0 aromatic carbocycles. The van der Waals surface area contributed by atoms with E-state index in [0.29, 0.717) is 5.38 Å². The van der Waals surface area contributed by atoms with Gasteiger partial charge in [0.1, 0.15) is 0 Å². The molecule has 1 rings (SSSR count). The fourth-order valence-corrected chi connectivity index (χ4v) is 2.12. The summed E-state index contributed by atoms with van der Waals surface area (Å²) in [6.07, 6.45) is 4.31. The van der Waals surface area contributed by atoms with E-state index < -0.39 is 0 Å². The van der Waals surface area contributed by atoms with Crippen molar-refractivity contribution in [3.63, 3.8) is 0 Å². The Bertz CT molecular complexity index is 153. The first-order valence-electron chi connectivity index (χ1n) is 4.30. The largest absolute Gasteiger partial charge is 0.302 e. The second-order valence-corrected chi connectivity index (χ2v) is 4.39. The Morgan fingerprint density at radius 1 is 1.50 bits per heavy atom. The van der Waals surface area contributed by atoms with E-state index >= 15 is 0 Å². The molecule has 0 aromatic heterocycles. The molecule has 3 heteroatoms. The molecule has 0 aromatic rings. The van der Waals surface area contributed by atoms with Gasteiger partial charge in [0.05, 0.1) is 0 Å². The van der Waals surface area contributed by atoms with Crippen molar-refractivity contribution in [1.82, 2.24) is 4.90 Å². The zero-order valence-electron chi connectivity index (χ0n) is 7.34. The van der Waals surface area contributed by atoms with Gasteiger partial charge in [-0.3, -0.25) is 0 Å². The summed E-state index contributed by atoms with van der Waals surface area (Å²) in [5, 5.41) is 0.437. The van der Waals surface area contributed by atoms with E-state index in [2.05, 4.69) is 11.9 Å². The van der Waals surface area contributed by atoms with Gasteiger partial charge in [0.25, 0.3) is 0 Å². The van der Waals surface area contributed by atoms with Gasteiger partial charge in [0, 0.05) is 24.0 Å². The Kier molecular flexibility index (Phi) is 4.41. The number of nitrogens with zero attached hydrogens (tertiary/aromatic N) is 1. The smallest absolute Gasteiger partial charge is 0.0342 e. The SMILES string of the molecule is CN(C/C=C/Cl)CC1CC(Cl)C1. The van der Waals surface area contributed by atoms with Crippen LogP contribution in [0, 0.1) is 5.92 Å². The summed E-state index contributed by atoms with van der Waals surface area (Å²) in [6.45, 7) is 2.08. The van der Waals surface area contributed by atoms with Crippen LogP contribution in [0.25, 0.3) is 0 Å². The molecule has 0 aliphatic heterocycles. The van der Waals surface area contributed by atoms with Crippen LogP contribution in [0.2, 0.25) is 0 Å². The fourth-order valence-electron chi connectivity index (χ4n) is 1.54. The molecule has 0 unspecified atom stereocenters. The monoisotopic (exact) mass is 207 g/mol. The van der Waals surface area contributed by atoms with E-state index in [1.54, 1.807) is 5.54 Å². The van der Waals surface area contributed by atoms with Crippen LogP contribution in [0.5, 0.6) is 0 Å². The zero-order valence-corrected chi connectivity index (χ0v) is 8.85. The highest BCUT2D eigenvalue weighted by Gasteiger charge is 2.27. The molecule has 0 amide bonds. The quantitative estimate of drug-likeness (QED) is 0.642. The highest BCUT2D eigenvalue weighted by molar-refractivity contribution is 6.25. The second kappa shape index (κ2) is 5.11. The van der Waals surface area contributed by atoms with Crippen LogP contribution in [0.1, 0.15) is 12.8 Å². The number of likely N-dealkylation sites (N-methyl/N-ethyl adjacent to an activating group) is 1. The van der Waals surface area contributed by atoms with Crippen LogP contribution in [0.4, 0.5) is 0 Å². The zero-order chi connectivity index (χ0) is 8.97. The lowest BCUT2D eigenvalue weighted by atomic mass is 9.84. The van der Waals surface area contributed by atoms with E-state index in [1.165, 1.54) is 12.8 Å². The van der Waals surface area contributed by atoms with Crippen molar-refractivity contribution < 1.29 is 0 Å². The number of halogens is 2. The molecule has 70 valence electrons. The molecule has 0 N–H and O–H groups in total. The van der Waals surface area contributed by atoms with Crippen molar-refractivity contribution in [3.8, 4) is 0 Å². The maximum atomic E-state index is 5.88. The minimum atomic E-state index is 0.437. The number of hydrogen-bond acceptors (Lipinski definition) is 1. The van der Waals surface area contributed by atoms with Gasteiger partial charge < -0.3 is 4.90 Å². The van der Waals surface area contributed by atoms with Crippen molar-refractivity contribution >= 4 is 23.2 Å². The molecule has 0 radical (unpaired) electrons. The highest BCUT2D eigenvalue weighted by Crippen LogP contribution is 2.32. The number of alkyl halides is 1. The average molecular weight is 208 g/mol. The molecular weight excluding hydrogens is 193 g/mol. The van der Waals surface area contributed by atoms with Gasteiger partial charge in [-0.2, -0.15) is 0 Å². The van der Waals surface area contributed by atoms with Crippen LogP contribution >= 0.6 is 23.2 Å². The lowest BCUT2D eigenvalue weighted by Gasteiger charge is -2.33. The Labute approximate surface area is 84.3 Å². The lowest BCUT2D eigenvalue weighted by Crippen LogP contribution is -2.34.